The average Bonchev–Trinajstić information content (AvgIpc) is 2.97. The fourth-order valence-corrected chi connectivity index (χ4v) is 1.50. The zero-order valence-corrected chi connectivity index (χ0v) is 8.88. The van der Waals surface area contributed by atoms with E-state index in [0.717, 1.165) is 42.9 Å². The number of hydrogen-bond donors (Lipinski definition) is 1. The van der Waals surface area contributed by atoms with Crippen molar-refractivity contribution in [2.75, 3.05) is 0 Å². The van der Waals surface area contributed by atoms with Gasteiger partial charge in [0, 0.05) is 11.4 Å². The molecule has 2 rings (SSSR count). The Kier molecular flexibility index (Phi) is 2.27. The molecule has 0 atom stereocenters. The van der Waals surface area contributed by atoms with Crippen LogP contribution in [0.25, 0.3) is 0 Å². The maximum atomic E-state index is 6.09. The maximum Gasteiger partial charge on any atom is 0.148 e. The van der Waals surface area contributed by atoms with E-state index < -0.39 is 0 Å². The number of nitrogens with zero attached hydrogens (tertiary/aromatic N) is 2. The Morgan fingerprint density at radius 2 is 1.71 bits per heavy atom. The van der Waals surface area contributed by atoms with Crippen molar-refractivity contribution in [3.05, 3.63) is 23.3 Å². The van der Waals surface area contributed by atoms with Crippen LogP contribution < -0.4 is 5.73 Å². The van der Waals surface area contributed by atoms with E-state index in [0.29, 0.717) is 0 Å². The lowest BCUT2D eigenvalue weighted by atomic mass is 10.2. The molecule has 0 spiro atoms. The minimum atomic E-state index is -0.199. The van der Waals surface area contributed by atoms with Gasteiger partial charge in [0.15, 0.2) is 0 Å². The predicted molar refractivity (Wildman–Crippen MR) is 55.9 cm³/mol. The lowest BCUT2D eigenvalue weighted by Gasteiger charge is -2.10. The molecule has 1 aliphatic rings. The second-order valence-electron chi connectivity index (χ2n) is 4.04. The molecule has 1 aliphatic carbocycles. The highest BCUT2D eigenvalue weighted by Gasteiger charge is 2.43. The van der Waals surface area contributed by atoms with Crippen LogP contribution in [0.5, 0.6) is 0 Å². The number of aromatic nitrogens is 2. The SMILES string of the molecule is CCc1cc(CC)nc(C2(N)CC2)n1. The summed E-state index contributed by atoms with van der Waals surface area (Å²) >= 11 is 0. The Bertz CT molecular complexity index is 320. The summed E-state index contributed by atoms with van der Waals surface area (Å²) in [5, 5.41) is 0. The molecule has 3 heteroatoms. The first kappa shape index (κ1) is 9.59. The highest BCUT2D eigenvalue weighted by atomic mass is 15.0. The van der Waals surface area contributed by atoms with Crippen LogP contribution in [0.2, 0.25) is 0 Å². The second-order valence-corrected chi connectivity index (χ2v) is 4.04. The first-order valence-electron chi connectivity index (χ1n) is 5.34. The molecule has 0 bridgehead atoms. The minimum Gasteiger partial charge on any atom is -0.319 e. The summed E-state index contributed by atoms with van der Waals surface area (Å²) in [7, 11) is 0. The first-order valence-corrected chi connectivity index (χ1v) is 5.34. The van der Waals surface area contributed by atoms with Crippen LogP contribution in [0, 0.1) is 0 Å². The van der Waals surface area contributed by atoms with Crippen LogP contribution >= 0.6 is 0 Å². The third kappa shape index (κ3) is 1.64. The Morgan fingerprint density at radius 1 is 1.21 bits per heavy atom. The molecule has 0 radical (unpaired) electrons. The zero-order chi connectivity index (χ0) is 10.2. The lowest BCUT2D eigenvalue weighted by molar-refractivity contribution is 0.655. The molecular formula is C11H17N3. The zero-order valence-electron chi connectivity index (χ0n) is 8.88. The van der Waals surface area contributed by atoms with Crippen molar-refractivity contribution in [2.45, 2.75) is 45.1 Å². The first-order chi connectivity index (χ1) is 6.68. The lowest BCUT2D eigenvalue weighted by Crippen LogP contribution is -2.23. The van der Waals surface area contributed by atoms with Crippen molar-refractivity contribution >= 4 is 0 Å². The molecule has 1 saturated carbocycles. The monoisotopic (exact) mass is 191 g/mol. The number of aryl methyl sites for hydroxylation is 2. The van der Waals surface area contributed by atoms with E-state index in [2.05, 4.69) is 29.9 Å². The molecule has 3 nitrogen and oxygen atoms in total. The number of hydrogen-bond acceptors (Lipinski definition) is 3. The fraction of sp³-hybridized carbons (Fsp3) is 0.636. The van der Waals surface area contributed by atoms with Crippen molar-refractivity contribution in [2.24, 2.45) is 5.73 Å². The Morgan fingerprint density at radius 3 is 2.07 bits per heavy atom. The second kappa shape index (κ2) is 3.31. The van der Waals surface area contributed by atoms with Gasteiger partial charge in [0.1, 0.15) is 5.82 Å². The van der Waals surface area contributed by atoms with Gasteiger partial charge >= 0.3 is 0 Å². The molecule has 1 heterocycles. The van der Waals surface area contributed by atoms with E-state index in [1.54, 1.807) is 0 Å². The predicted octanol–water partition coefficient (Wildman–Crippen LogP) is 1.55. The third-order valence-electron chi connectivity index (χ3n) is 2.79. The maximum absolute atomic E-state index is 6.09. The summed E-state index contributed by atoms with van der Waals surface area (Å²) in [6, 6.07) is 2.08. The summed E-state index contributed by atoms with van der Waals surface area (Å²) in [5.41, 5.74) is 8.12. The quantitative estimate of drug-likeness (QED) is 0.788. The molecule has 76 valence electrons. The summed E-state index contributed by atoms with van der Waals surface area (Å²) in [6.45, 7) is 4.23. The van der Waals surface area contributed by atoms with Crippen molar-refractivity contribution in [1.82, 2.24) is 9.97 Å². The fourth-order valence-electron chi connectivity index (χ4n) is 1.50. The van der Waals surface area contributed by atoms with Gasteiger partial charge in [0.2, 0.25) is 0 Å². The van der Waals surface area contributed by atoms with Gasteiger partial charge in [0.25, 0.3) is 0 Å². The van der Waals surface area contributed by atoms with Crippen LogP contribution in [0.3, 0.4) is 0 Å². The molecule has 1 fully saturated rings. The van der Waals surface area contributed by atoms with E-state index in [-0.39, 0.29) is 5.54 Å². The van der Waals surface area contributed by atoms with E-state index in [1.807, 2.05) is 0 Å². The van der Waals surface area contributed by atoms with Crippen LogP contribution in [0.15, 0.2) is 6.07 Å². The Hall–Kier alpha value is -0.960. The van der Waals surface area contributed by atoms with Crippen LogP contribution in [0.4, 0.5) is 0 Å². The molecule has 0 aromatic carbocycles. The molecule has 2 N–H and O–H groups in total. The summed E-state index contributed by atoms with van der Waals surface area (Å²) in [5.74, 6) is 0.855. The molecule has 0 aliphatic heterocycles. The van der Waals surface area contributed by atoms with E-state index in [1.165, 1.54) is 0 Å². The van der Waals surface area contributed by atoms with Gasteiger partial charge in [-0.3, -0.25) is 0 Å². The number of rotatable bonds is 3. The highest BCUT2D eigenvalue weighted by Crippen LogP contribution is 2.40. The van der Waals surface area contributed by atoms with Gasteiger partial charge < -0.3 is 5.73 Å². The molecule has 14 heavy (non-hydrogen) atoms. The van der Waals surface area contributed by atoms with E-state index >= 15 is 0 Å². The van der Waals surface area contributed by atoms with Crippen LogP contribution in [0.1, 0.15) is 43.9 Å². The molecule has 1 aromatic rings. The Labute approximate surface area is 84.8 Å². The van der Waals surface area contributed by atoms with Gasteiger partial charge in [0.05, 0.1) is 5.54 Å². The summed E-state index contributed by atoms with van der Waals surface area (Å²) in [6.07, 6.45) is 3.98. The smallest absolute Gasteiger partial charge is 0.148 e. The normalized spacial score (nSPS) is 18.2. The van der Waals surface area contributed by atoms with Crippen molar-refractivity contribution in [3.63, 3.8) is 0 Å². The van der Waals surface area contributed by atoms with Gasteiger partial charge in [-0.15, -0.1) is 0 Å². The standard InChI is InChI=1S/C11H17N3/c1-3-8-7-9(4-2)14-10(13-8)11(12)5-6-11/h7H,3-6,12H2,1-2H3. The summed E-state index contributed by atoms with van der Waals surface area (Å²) < 4.78 is 0. The molecule has 1 aromatic heterocycles. The van der Waals surface area contributed by atoms with Gasteiger partial charge in [-0.1, -0.05) is 13.8 Å². The highest BCUT2D eigenvalue weighted by molar-refractivity contribution is 5.20. The third-order valence-corrected chi connectivity index (χ3v) is 2.79. The van der Waals surface area contributed by atoms with Crippen LogP contribution in [-0.2, 0) is 18.4 Å². The molecule has 0 saturated heterocycles. The molecular weight excluding hydrogens is 174 g/mol. The van der Waals surface area contributed by atoms with E-state index in [4.69, 9.17) is 5.73 Å². The Balaban J connectivity index is 2.39. The molecule has 0 amide bonds. The minimum absolute atomic E-state index is 0.199. The van der Waals surface area contributed by atoms with Gasteiger partial charge in [-0.05, 0) is 31.7 Å². The largest absolute Gasteiger partial charge is 0.319 e. The summed E-state index contributed by atoms with van der Waals surface area (Å²) in [4.78, 5) is 9.00. The van der Waals surface area contributed by atoms with Gasteiger partial charge in [-0.2, -0.15) is 0 Å². The topological polar surface area (TPSA) is 51.8 Å². The number of nitrogens with two attached hydrogens (primary N) is 1. The van der Waals surface area contributed by atoms with Crippen LogP contribution in [-0.4, -0.2) is 9.97 Å². The van der Waals surface area contributed by atoms with Gasteiger partial charge in [-0.25, -0.2) is 9.97 Å². The van der Waals surface area contributed by atoms with Crippen molar-refractivity contribution in [1.29, 1.82) is 0 Å². The van der Waals surface area contributed by atoms with Crippen molar-refractivity contribution in [3.8, 4) is 0 Å². The van der Waals surface area contributed by atoms with Crippen molar-refractivity contribution < 1.29 is 0 Å². The van der Waals surface area contributed by atoms with E-state index in [9.17, 15) is 0 Å². The average molecular weight is 191 g/mol. The molecule has 0 unspecified atom stereocenters.